The van der Waals surface area contributed by atoms with Crippen LogP contribution in [-0.2, 0) is 19.3 Å². The van der Waals surface area contributed by atoms with Crippen LogP contribution in [0.2, 0.25) is 0 Å². The molecular weight excluding hydrogens is 502 g/mol. The normalized spacial score (nSPS) is 16.0. The molecule has 4 N–H and O–H groups in total. The molecule has 0 saturated carbocycles. The molecule has 226 valence electrons. The highest BCUT2D eigenvalue weighted by atomic mass is 17.2. The maximum atomic E-state index is 12.5. The predicted molar refractivity (Wildman–Crippen MR) is 150 cm³/mol. The van der Waals surface area contributed by atoms with Crippen molar-refractivity contribution >= 4 is 18.1 Å². The van der Waals surface area contributed by atoms with Gasteiger partial charge in [0.1, 0.15) is 6.61 Å². The van der Waals surface area contributed by atoms with Gasteiger partial charge in [0.25, 0.3) is 11.5 Å². The summed E-state index contributed by atoms with van der Waals surface area (Å²) in [5, 5.41) is 12.9. The summed E-state index contributed by atoms with van der Waals surface area (Å²) in [6, 6.07) is -0.0931. The first-order chi connectivity index (χ1) is 18.9. The van der Waals surface area contributed by atoms with Gasteiger partial charge in [-0.3, -0.25) is 9.79 Å². The fourth-order valence-electron chi connectivity index (χ4n) is 5.18. The lowest BCUT2D eigenvalue weighted by Gasteiger charge is -2.41. The third-order valence-corrected chi connectivity index (χ3v) is 7.36. The van der Waals surface area contributed by atoms with Crippen LogP contribution in [0.3, 0.4) is 0 Å². The molecule has 2 unspecified atom stereocenters. The van der Waals surface area contributed by atoms with E-state index in [-0.39, 0.29) is 6.04 Å². The Kier molecular flexibility index (Phi) is 19.2. The number of rotatable bonds is 22. The number of hydrogen-bond acceptors (Lipinski definition) is 8. The van der Waals surface area contributed by atoms with Crippen LogP contribution in [0.25, 0.3) is 0 Å². The molecule has 2 amide bonds. The molecule has 1 rings (SSSR count). The lowest BCUT2D eigenvalue weighted by Crippen LogP contribution is -2.59. The zero-order valence-electron chi connectivity index (χ0n) is 24.3. The maximum Gasteiger partial charge on any atom is 0.450 e. The van der Waals surface area contributed by atoms with Crippen molar-refractivity contribution in [3.05, 3.63) is 5.76 Å². The molecule has 0 aromatic carbocycles. The Bertz CT molecular complexity index is 724. The molecule has 2 atom stereocenters. The topological polar surface area (TPSA) is 140 Å². The lowest BCUT2D eigenvalue weighted by molar-refractivity contribution is -0.250. The zero-order valence-corrected chi connectivity index (χ0v) is 24.3. The van der Waals surface area contributed by atoms with Gasteiger partial charge in [-0.25, -0.2) is 19.3 Å². The van der Waals surface area contributed by atoms with E-state index >= 15 is 0 Å². The largest absolute Gasteiger partial charge is 0.450 e. The Balaban J connectivity index is 2.44. The number of nitrogens with two attached hydrogens (primary N) is 1. The quantitative estimate of drug-likeness (QED) is 0.0494. The Morgan fingerprint density at radius 3 is 1.92 bits per heavy atom. The number of carbonyl (C=O) groups excluding carboxylic acids is 3. The Hall–Kier alpha value is -2.29. The van der Waals surface area contributed by atoms with Crippen LogP contribution in [0.5, 0.6) is 0 Å². The number of amides is 2. The van der Waals surface area contributed by atoms with Gasteiger partial charge in [-0.05, 0) is 25.7 Å². The van der Waals surface area contributed by atoms with Crippen molar-refractivity contribution in [2.75, 3.05) is 19.7 Å². The Labute approximate surface area is 234 Å². The summed E-state index contributed by atoms with van der Waals surface area (Å²) in [6.07, 6.45) is 18.1. The van der Waals surface area contributed by atoms with E-state index in [1.165, 1.54) is 70.1 Å². The van der Waals surface area contributed by atoms with Gasteiger partial charge in [-0.15, -0.1) is 0 Å². The molecule has 10 heteroatoms. The van der Waals surface area contributed by atoms with Gasteiger partial charge in [0.15, 0.2) is 5.94 Å². The highest BCUT2D eigenvalue weighted by Gasteiger charge is 2.48. The van der Waals surface area contributed by atoms with Gasteiger partial charge in [0, 0.05) is 19.1 Å². The molecule has 0 aromatic rings. The minimum atomic E-state index is -2.01. The molecule has 1 aliphatic heterocycles. The minimum absolute atomic E-state index is 0.0931. The monoisotopic (exact) mass is 555 g/mol. The highest BCUT2D eigenvalue weighted by molar-refractivity contribution is 5.68. The van der Waals surface area contributed by atoms with Gasteiger partial charge in [0.05, 0.1) is 0 Å². The minimum Gasteiger partial charge on any atom is -0.416 e. The summed E-state index contributed by atoms with van der Waals surface area (Å²) >= 11 is 0. The number of hydrogen-bond donors (Lipinski definition) is 3. The second-order valence-electron chi connectivity index (χ2n) is 10.6. The van der Waals surface area contributed by atoms with Crippen molar-refractivity contribution in [2.45, 2.75) is 141 Å². The van der Waals surface area contributed by atoms with E-state index in [1.807, 2.05) is 6.92 Å². The van der Waals surface area contributed by atoms with Crippen molar-refractivity contribution in [3.63, 3.8) is 0 Å². The lowest BCUT2D eigenvalue weighted by atomic mass is 10.0. The van der Waals surface area contributed by atoms with Gasteiger partial charge in [0.2, 0.25) is 0 Å². The Morgan fingerprint density at radius 2 is 1.44 bits per heavy atom. The summed E-state index contributed by atoms with van der Waals surface area (Å²) in [7, 11) is 0. The molecule has 10 nitrogen and oxygen atoms in total. The first-order valence-electron chi connectivity index (χ1n) is 15.2. The molecule has 39 heavy (non-hydrogen) atoms. The summed E-state index contributed by atoms with van der Waals surface area (Å²) in [4.78, 5) is 47.2. The number of ether oxygens (including phenoxy) is 1. The highest BCUT2D eigenvalue weighted by Crippen LogP contribution is 2.29. The molecule has 1 heterocycles. The predicted octanol–water partition coefficient (Wildman–Crippen LogP) is 5.89. The summed E-state index contributed by atoms with van der Waals surface area (Å²) < 4.78 is 5.14. The van der Waals surface area contributed by atoms with Crippen molar-refractivity contribution < 1.29 is 34.0 Å². The van der Waals surface area contributed by atoms with E-state index in [0.29, 0.717) is 13.1 Å². The molecule has 0 spiro atoms. The zero-order chi connectivity index (χ0) is 28.8. The molecule has 0 bridgehead atoms. The number of piperidine rings is 1. The molecular formula is C29H53N3O7. The smallest absolute Gasteiger partial charge is 0.416 e. The number of likely N-dealkylation sites (tertiary alicyclic amines) is 1. The van der Waals surface area contributed by atoms with E-state index in [9.17, 15) is 19.5 Å². The first kappa shape index (κ1) is 34.7. The number of aliphatic hydroxyl groups excluding tert-OH is 1. The summed E-state index contributed by atoms with van der Waals surface area (Å²) in [5.41, 5.74) is 3.20. The van der Waals surface area contributed by atoms with Crippen molar-refractivity contribution in [1.29, 1.82) is 0 Å². The first-order valence-corrected chi connectivity index (χ1v) is 15.2. The fraction of sp³-hybridized carbons (Fsp3) is 0.862. The third kappa shape index (κ3) is 14.1. The van der Waals surface area contributed by atoms with Crippen LogP contribution < -0.4 is 11.1 Å². The van der Waals surface area contributed by atoms with Crippen LogP contribution in [0, 0.1) is 0 Å². The molecule has 1 saturated heterocycles. The number of nitrogens with zero attached hydrogens (tertiary/aromatic N) is 1. The molecule has 0 radical (unpaired) electrons. The Morgan fingerprint density at radius 1 is 0.872 bits per heavy atom. The SMILES string of the molecule is CCCCCCCCCCCCCCC(CCC)NC(=O)OOC(=C=O)C(CO)(OC(N)=O)N1CCCCC1. The van der Waals surface area contributed by atoms with Gasteiger partial charge in [-0.2, -0.15) is 0 Å². The standard InChI is InChI=1S/C29H53N3O7/c1-3-5-6-7-8-9-10-11-12-13-14-16-20-25(19-4-2)31-28(36)39-38-26(23-33)29(24-34,37-27(30)35)32-21-17-15-18-22-32/h25,34H,3-22,24H2,1-2H3,(H2,30,35)(H,31,36). The number of nitrogens with one attached hydrogen (secondary N) is 1. The molecule has 1 fully saturated rings. The van der Waals surface area contributed by atoms with Crippen LogP contribution in [0.1, 0.15) is 129 Å². The number of primary amides is 1. The van der Waals surface area contributed by atoms with Crippen LogP contribution in [0.4, 0.5) is 9.59 Å². The van der Waals surface area contributed by atoms with Crippen molar-refractivity contribution in [1.82, 2.24) is 10.2 Å². The van der Waals surface area contributed by atoms with Gasteiger partial charge >= 0.3 is 12.2 Å². The number of carbonyl (C=O) groups is 2. The van der Waals surface area contributed by atoms with E-state index in [4.69, 9.17) is 20.2 Å². The van der Waals surface area contributed by atoms with E-state index in [0.717, 1.165) is 51.4 Å². The second kappa shape index (κ2) is 21.5. The average Bonchev–Trinajstić information content (AvgIpc) is 2.93. The van der Waals surface area contributed by atoms with Gasteiger partial charge < -0.3 is 20.9 Å². The molecule has 0 aliphatic carbocycles. The van der Waals surface area contributed by atoms with E-state index in [1.54, 1.807) is 4.90 Å². The summed E-state index contributed by atoms with van der Waals surface area (Å²) in [6.45, 7) is 4.32. The average molecular weight is 556 g/mol. The number of aliphatic hydroxyl groups is 1. The van der Waals surface area contributed by atoms with E-state index in [2.05, 4.69) is 12.2 Å². The van der Waals surface area contributed by atoms with Crippen LogP contribution in [0.15, 0.2) is 5.76 Å². The summed E-state index contributed by atoms with van der Waals surface area (Å²) in [5.74, 6) is 0.841. The van der Waals surface area contributed by atoms with E-state index < -0.39 is 30.3 Å². The van der Waals surface area contributed by atoms with Crippen LogP contribution in [-0.4, -0.2) is 59.6 Å². The van der Waals surface area contributed by atoms with Gasteiger partial charge in [-0.1, -0.05) is 104 Å². The molecule has 0 aromatic heterocycles. The third-order valence-electron chi connectivity index (χ3n) is 7.36. The molecule has 1 aliphatic rings. The maximum absolute atomic E-state index is 12.5. The fourth-order valence-corrected chi connectivity index (χ4v) is 5.18. The second-order valence-corrected chi connectivity index (χ2v) is 10.6. The van der Waals surface area contributed by atoms with Crippen molar-refractivity contribution in [2.24, 2.45) is 5.73 Å². The number of unbranched alkanes of at least 4 members (excludes halogenated alkanes) is 11. The van der Waals surface area contributed by atoms with Crippen molar-refractivity contribution in [3.8, 4) is 0 Å². The van der Waals surface area contributed by atoms with Crippen LogP contribution >= 0.6 is 0 Å².